The molecular formula is C20H23N3O. The first-order valence-electron chi connectivity index (χ1n) is 8.76. The molecule has 0 radical (unpaired) electrons. The molecule has 2 N–H and O–H groups in total. The number of benzene rings is 1. The Morgan fingerprint density at radius 3 is 2.71 bits per heavy atom. The van der Waals surface area contributed by atoms with Gasteiger partial charge in [-0.1, -0.05) is 24.3 Å². The van der Waals surface area contributed by atoms with Crippen LogP contribution in [-0.2, 0) is 6.42 Å². The third-order valence-electron chi connectivity index (χ3n) is 5.11. The van der Waals surface area contributed by atoms with Crippen molar-refractivity contribution in [3.8, 4) is 0 Å². The summed E-state index contributed by atoms with van der Waals surface area (Å²) >= 11 is 0. The molecule has 124 valence electrons. The van der Waals surface area contributed by atoms with E-state index in [0.29, 0.717) is 12.0 Å². The number of aromatic nitrogens is 2. The Hall–Kier alpha value is -2.20. The summed E-state index contributed by atoms with van der Waals surface area (Å²) in [6, 6.07) is 8.85. The molecule has 2 aromatic rings. The molecule has 0 atom stereocenters. The van der Waals surface area contributed by atoms with Gasteiger partial charge >= 0.3 is 0 Å². The van der Waals surface area contributed by atoms with Crippen molar-refractivity contribution in [2.75, 3.05) is 5.32 Å². The fraction of sp³-hybridized carbons (Fsp3) is 0.400. The zero-order valence-electron chi connectivity index (χ0n) is 14.0. The third-order valence-corrected chi connectivity index (χ3v) is 5.11. The van der Waals surface area contributed by atoms with E-state index in [1.165, 1.54) is 22.3 Å². The standard InChI is InChI=1S/C20H23N3O/c1-13-4-2-3-5-18(13)14-10-15-12-21-20(23-19(15)11-14)22-16-6-8-17(24)9-7-16/h2-5,11-12,16-17,24H,6-10H2,1H3,(H,21,22,23). The number of nitrogens with one attached hydrogen (secondary N) is 1. The Morgan fingerprint density at radius 2 is 1.92 bits per heavy atom. The van der Waals surface area contributed by atoms with Gasteiger partial charge in [0.05, 0.1) is 11.8 Å². The number of hydrogen-bond acceptors (Lipinski definition) is 4. The Bertz CT molecular complexity index is 776. The number of nitrogens with zero attached hydrogens (tertiary/aromatic N) is 2. The van der Waals surface area contributed by atoms with Crippen LogP contribution in [0, 0.1) is 6.92 Å². The van der Waals surface area contributed by atoms with E-state index in [1.807, 2.05) is 6.20 Å². The van der Waals surface area contributed by atoms with Gasteiger partial charge in [-0.15, -0.1) is 0 Å². The van der Waals surface area contributed by atoms with Crippen molar-refractivity contribution in [2.45, 2.75) is 51.2 Å². The molecule has 0 spiro atoms. The molecular weight excluding hydrogens is 298 g/mol. The number of anilines is 1. The molecule has 0 unspecified atom stereocenters. The summed E-state index contributed by atoms with van der Waals surface area (Å²) in [4.78, 5) is 9.21. The molecule has 2 aliphatic rings. The van der Waals surface area contributed by atoms with Crippen LogP contribution in [0.2, 0.25) is 0 Å². The van der Waals surface area contributed by atoms with Crippen LogP contribution in [0.5, 0.6) is 0 Å². The van der Waals surface area contributed by atoms with Gasteiger partial charge in [0.2, 0.25) is 5.95 Å². The number of rotatable bonds is 3. The van der Waals surface area contributed by atoms with Crippen molar-refractivity contribution in [1.82, 2.24) is 9.97 Å². The summed E-state index contributed by atoms with van der Waals surface area (Å²) in [5, 5.41) is 13.0. The second-order valence-electron chi connectivity index (χ2n) is 6.92. The maximum atomic E-state index is 9.61. The lowest BCUT2D eigenvalue weighted by atomic mass is 9.93. The summed E-state index contributed by atoms with van der Waals surface area (Å²) in [7, 11) is 0. The van der Waals surface area contributed by atoms with Crippen LogP contribution in [0.3, 0.4) is 0 Å². The smallest absolute Gasteiger partial charge is 0.223 e. The molecule has 1 saturated carbocycles. The summed E-state index contributed by atoms with van der Waals surface area (Å²) in [5.74, 6) is 0.706. The van der Waals surface area contributed by atoms with E-state index in [0.717, 1.165) is 37.8 Å². The van der Waals surface area contributed by atoms with Crippen molar-refractivity contribution in [3.63, 3.8) is 0 Å². The summed E-state index contributed by atoms with van der Waals surface area (Å²) in [6.45, 7) is 2.15. The molecule has 4 rings (SSSR count). The van der Waals surface area contributed by atoms with Crippen LogP contribution in [0.4, 0.5) is 5.95 Å². The van der Waals surface area contributed by atoms with Crippen molar-refractivity contribution in [1.29, 1.82) is 0 Å². The van der Waals surface area contributed by atoms with Crippen LogP contribution in [0.15, 0.2) is 30.5 Å². The minimum atomic E-state index is -0.136. The number of aliphatic hydroxyl groups excluding tert-OH is 1. The molecule has 1 aromatic carbocycles. The molecule has 1 heterocycles. The average Bonchev–Trinajstić information content (AvgIpc) is 3.00. The quantitative estimate of drug-likeness (QED) is 0.907. The van der Waals surface area contributed by atoms with Gasteiger partial charge in [0.1, 0.15) is 0 Å². The minimum Gasteiger partial charge on any atom is -0.393 e. The lowest BCUT2D eigenvalue weighted by Gasteiger charge is -2.26. The van der Waals surface area contributed by atoms with E-state index in [9.17, 15) is 5.11 Å². The average molecular weight is 321 g/mol. The first-order valence-corrected chi connectivity index (χ1v) is 8.76. The van der Waals surface area contributed by atoms with Crippen LogP contribution < -0.4 is 5.32 Å². The molecule has 0 amide bonds. The van der Waals surface area contributed by atoms with E-state index in [4.69, 9.17) is 4.98 Å². The first kappa shape index (κ1) is 15.3. The summed E-state index contributed by atoms with van der Waals surface area (Å²) in [5.41, 5.74) is 6.13. The monoisotopic (exact) mass is 321 g/mol. The van der Waals surface area contributed by atoms with Gasteiger partial charge in [-0.3, -0.25) is 0 Å². The Morgan fingerprint density at radius 1 is 1.12 bits per heavy atom. The highest BCUT2D eigenvalue weighted by Crippen LogP contribution is 2.32. The van der Waals surface area contributed by atoms with Gasteiger partial charge < -0.3 is 10.4 Å². The Labute approximate surface area is 142 Å². The maximum absolute atomic E-state index is 9.61. The largest absolute Gasteiger partial charge is 0.393 e. The highest BCUT2D eigenvalue weighted by atomic mass is 16.3. The van der Waals surface area contributed by atoms with Crippen LogP contribution in [-0.4, -0.2) is 27.2 Å². The second-order valence-corrected chi connectivity index (χ2v) is 6.92. The Kier molecular flexibility index (Phi) is 4.07. The molecule has 0 saturated heterocycles. The molecule has 2 aliphatic carbocycles. The number of hydrogen-bond donors (Lipinski definition) is 2. The molecule has 1 aromatic heterocycles. The van der Waals surface area contributed by atoms with Gasteiger partial charge in [0.15, 0.2) is 0 Å². The fourth-order valence-corrected chi connectivity index (χ4v) is 3.68. The van der Waals surface area contributed by atoms with Gasteiger partial charge in [-0.25, -0.2) is 9.97 Å². The van der Waals surface area contributed by atoms with E-state index in [2.05, 4.69) is 47.6 Å². The summed E-state index contributed by atoms with van der Waals surface area (Å²) in [6.07, 6.45) is 8.58. The third kappa shape index (κ3) is 3.06. The van der Waals surface area contributed by atoms with E-state index in [-0.39, 0.29) is 6.10 Å². The normalized spacial score (nSPS) is 22.8. The number of fused-ring (bicyclic) bond motifs is 1. The maximum Gasteiger partial charge on any atom is 0.223 e. The Balaban J connectivity index is 1.52. The zero-order chi connectivity index (χ0) is 16.5. The van der Waals surface area contributed by atoms with Crippen molar-refractivity contribution in [2.24, 2.45) is 0 Å². The van der Waals surface area contributed by atoms with E-state index in [1.54, 1.807) is 0 Å². The molecule has 4 heteroatoms. The van der Waals surface area contributed by atoms with E-state index < -0.39 is 0 Å². The predicted molar refractivity (Wildman–Crippen MR) is 96.7 cm³/mol. The fourth-order valence-electron chi connectivity index (χ4n) is 3.68. The van der Waals surface area contributed by atoms with Gasteiger partial charge in [-0.2, -0.15) is 0 Å². The molecule has 0 aliphatic heterocycles. The highest BCUT2D eigenvalue weighted by molar-refractivity contribution is 5.88. The van der Waals surface area contributed by atoms with E-state index >= 15 is 0 Å². The van der Waals surface area contributed by atoms with Gasteiger partial charge in [0.25, 0.3) is 0 Å². The number of aliphatic hydroxyl groups is 1. The first-order chi connectivity index (χ1) is 11.7. The number of aryl methyl sites for hydroxylation is 1. The summed E-state index contributed by atoms with van der Waals surface area (Å²) < 4.78 is 0. The SMILES string of the molecule is Cc1ccccc1C1=Cc2nc(NC3CCC(O)CC3)ncc2C1. The van der Waals surface area contributed by atoms with Gasteiger partial charge in [-0.05, 0) is 55.4 Å². The number of allylic oxidation sites excluding steroid dienone is 1. The minimum absolute atomic E-state index is 0.136. The molecule has 4 nitrogen and oxygen atoms in total. The van der Waals surface area contributed by atoms with Crippen molar-refractivity contribution < 1.29 is 5.11 Å². The lowest BCUT2D eigenvalue weighted by molar-refractivity contribution is 0.126. The topological polar surface area (TPSA) is 58.0 Å². The van der Waals surface area contributed by atoms with Gasteiger partial charge in [0, 0.05) is 24.2 Å². The second kappa shape index (κ2) is 6.36. The van der Waals surface area contributed by atoms with Crippen molar-refractivity contribution >= 4 is 17.6 Å². The van der Waals surface area contributed by atoms with Crippen LogP contribution in [0.25, 0.3) is 11.6 Å². The lowest BCUT2D eigenvalue weighted by Crippen LogP contribution is -2.29. The molecule has 0 bridgehead atoms. The molecule has 1 fully saturated rings. The van der Waals surface area contributed by atoms with Crippen LogP contribution in [0.1, 0.15) is 48.1 Å². The van der Waals surface area contributed by atoms with Crippen LogP contribution >= 0.6 is 0 Å². The van der Waals surface area contributed by atoms with Crippen molar-refractivity contribution in [3.05, 3.63) is 52.8 Å². The predicted octanol–water partition coefficient (Wildman–Crippen LogP) is 3.60. The molecule has 24 heavy (non-hydrogen) atoms. The zero-order valence-corrected chi connectivity index (χ0v) is 14.0. The highest BCUT2D eigenvalue weighted by Gasteiger charge is 2.21.